The zero-order chi connectivity index (χ0) is 14.6. The topological polar surface area (TPSA) is 113 Å². The molecule has 0 saturated carbocycles. The molecule has 0 aliphatic carbocycles. The van der Waals surface area contributed by atoms with Gasteiger partial charge in [0.1, 0.15) is 6.04 Å². The van der Waals surface area contributed by atoms with E-state index in [-0.39, 0.29) is 12.5 Å². The Kier molecular flexibility index (Phi) is 5.67. The van der Waals surface area contributed by atoms with Crippen molar-refractivity contribution >= 4 is 19.1 Å². The van der Waals surface area contributed by atoms with Crippen LogP contribution in [-0.4, -0.2) is 40.0 Å². The first-order valence-corrected chi connectivity index (χ1v) is 7.86. The third kappa shape index (κ3) is 5.03. The van der Waals surface area contributed by atoms with Crippen molar-refractivity contribution in [1.29, 1.82) is 0 Å². The number of hydrogen-bond acceptors (Lipinski definition) is 5. The molecule has 1 heterocycles. The number of nitrogens with one attached hydrogen (secondary N) is 1. The number of carbonyl (C=O) groups is 2. The van der Waals surface area contributed by atoms with Gasteiger partial charge in [-0.3, -0.25) is 14.2 Å². The molecule has 110 valence electrons. The predicted molar refractivity (Wildman–Crippen MR) is 67.4 cm³/mol. The smallest absolute Gasteiger partial charge is 0.391 e. The highest BCUT2D eigenvalue weighted by molar-refractivity contribution is 7.70. The average molecular weight is 293 g/mol. The van der Waals surface area contributed by atoms with Crippen molar-refractivity contribution in [2.75, 3.05) is 6.54 Å². The zero-order valence-electron chi connectivity index (χ0n) is 11.0. The lowest BCUT2D eigenvalue weighted by Crippen LogP contribution is -2.48. The summed E-state index contributed by atoms with van der Waals surface area (Å²) >= 11 is 0. The summed E-state index contributed by atoms with van der Waals surface area (Å²) in [6.07, 6.45) is 0.741. The summed E-state index contributed by atoms with van der Waals surface area (Å²) in [6, 6.07) is -0.674. The molecule has 0 aromatic heterocycles. The quantitative estimate of drug-likeness (QED) is 0.496. The lowest BCUT2D eigenvalue weighted by Gasteiger charge is -2.31. The minimum Gasteiger partial charge on any atom is -0.462 e. The molecule has 8 heteroatoms. The molecule has 1 fully saturated rings. The van der Waals surface area contributed by atoms with Crippen molar-refractivity contribution in [2.24, 2.45) is 5.92 Å². The largest absolute Gasteiger partial charge is 0.462 e. The van der Waals surface area contributed by atoms with Crippen molar-refractivity contribution in [2.45, 2.75) is 45.3 Å². The van der Waals surface area contributed by atoms with Gasteiger partial charge >= 0.3 is 13.6 Å². The van der Waals surface area contributed by atoms with E-state index in [1.165, 1.54) is 0 Å². The van der Waals surface area contributed by atoms with E-state index < -0.39 is 31.0 Å². The molecule has 1 saturated heterocycles. The number of hydrogen-bond donors (Lipinski definition) is 3. The number of esters is 1. The van der Waals surface area contributed by atoms with E-state index in [1.54, 1.807) is 13.8 Å². The van der Waals surface area contributed by atoms with E-state index in [2.05, 4.69) is 5.32 Å². The molecule has 1 rings (SSSR count). The van der Waals surface area contributed by atoms with E-state index in [9.17, 15) is 14.2 Å². The van der Waals surface area contributed by atoms with Crippen LogP contribution in [0, 0.1) is 5.92 Å². The fourth-order valence-corrected chi connectivity index (χ4v) is 2.57. The Labute approximate surface area is 111 Å². The summed E-state index contributed by atoms with van der Waals surface area (Å²) in [5, 5.41) is 2.95. The number of carbonyl (C=O) groups excluding carboxylic acids is 2. The summed E-state index contributed by atoms with van der Waals surface area (Å²) < 4.78 is 15.9. The fourth-order valence-electron chi connectivity index (χ4n) is 2.10. The molecule has 0 amide bonds. The van der Waals surface area contributed by atoms with E-state index in [4.69, 9.17) is 14.5 Å². The summed E-state index contributed by atoms with van der Waals surface area (Å²) in [4.78, 5) is 40.9. The van der Waals surface area contributed by atoms with E-state index in [1.807, 2.05) is 0 Å². The highest BCUT2D eigenvalue weighted by Crippen LogP contribution is 2.39. The van der Waals surface area contributed by atoms with E-state index in [0.29, 0.717) is 13.0 Å². The first-order valence-electron chi connectivity index (χ1n) is 6.24. The Hall–Kier alpha value is -0.750. The summed E-state index contributed by atoms with van der Waals surface area (Å²) in [6.45, 7) is 4.06. The number of rotatable bonds is 5. The van der Waals surface area contributed by atoms with Crippen LogP contribution in [-0.2, 0) is 18.9 Å². The SMILES string of the molecule is CC(C)OC(=O)C1NCCCC1CC(=O)P(=O)(O)O. The van der Waals surface area contributed by atoms with Gasteiger partial charge in [0.2, 0.25) is 5.52 Å². The molecule has 0 aromatic rings. The molecule has 1 aliphatic rings. The highest BCUT2D eigenvalue weighted by atomic mass is 31.2. The van der Waals surface area contributed by atoms with Gasteiger partial charge in [0, 0.05) is 6.42 Å². The fraction of sp³-hybridized carbons (Fsp3) is 0.818. The van der Waals surface area contributed by atoms with Crippen LogP contribution in [0.3, 0.4) is 0 Å². The third-order valence-corrected chi connectivity index (χ3v) is 3.79. The number of piperidine rings is 1. The Morgan fingerprint density at radius 1 is 1.42 bits per heavy atom. The monoisotopic (exact) mass is 293 g/mol. The van der Waals surface area contributed by atoms with Gasteiger partial charge in [-0.25, -0.2) is 0 Å². The van der Waals surface area contributed by atoms with Gasteiger partial charge in [-0.05, 0) is 39.2 Å². The lowest BCUT2D eigenvalue weighted by molar-refractivity contribution is -0.152. The molecule has 0 spiro atoms. The number of ether oxygens (including phenoxy) is 1. The molecule has 0 radical (unpaired) electrons. The highest BCUT2D eigenvalue weighted by Gasteiger charge is 2.37. The maximum atomic E-state index is 11.9. The van der Waals surface area contributed by atoms with Crippen LogP contribution in [0.15, 0.2) is 0 Å². The van der Waals surface area contributed by atoms with Crippen LogP contribution in [0.2, 0.25) is 0 Å². The van der Waals surface area contributed by atoms with Gasteiger partial charge in [-0.15, -0.1) is 0 Å². The van der Waals surface area contributed by atoms with Gasteiger partial charge in [0.25, 0.3) is 0 Å². The Morgan fingerprint density at radius 3 is 2.58 bits per heavy atom. The first-order chi connectivity index (χ1) is 8.71. The molecule has 2 unspecified atom stereocenters. The molecule has 2 atom stereocenters. The molecule has 1 aliphatic heterocycles. The van der Waals surface area contributed by atoms with E-state index in [0.717, 1.165) is 6.42 Å². The van der Waals surface area contributed by atoms with Crippen molar-refractivity contribution in [1.82, 2.24) is 5.32 Å². The minimum atomic E-state index is -4.73. The molecule has 0 aromatic carbocycles. The molecule has 7 nitrogen and oxygen atoms in total. The van der Waals surface area contributed by atoms with Crippen LogP contribution in [0.5, 0.6) is 0 Å². The van der Waals surface area contributed by atoms with E-state index >= 15 is 0 Å². The zero-order valence-corrected chi connectivity index (χ0v) is 11.9. The standard InChI is InChI=1S/C11H20NO6P/c1-7(2)18-11(14)10-8(4-3-5-12-10)6-9(13)19(15,16)17/h7-8,10,12H,3-6H2,1-2H3,(H2,15,16,17). The predicted octanol–water partition coefficient (Wildman–Crippen LogP) is 0.401. The van der Waals surface area contributed by atoms with Crippen LogP contribution < -0.4 is 5.32 Å². The van der Waals surface area contributed by atoms with Gasteiger partial charge in [-0.1, -0.05) is 0 Å². The maximum absolute atomic E-state index is 11.9. The van der Waals surface area contributed by atoms with Crippen LogP contribution in [0.4, 0.5) is 0 Å². The van der Waals surface area contributed by atoms with Crippen molar-refractivity contribution in [3.63, 3.8) is 0 Å². The Balaban J connectivity index is 2.70. The van der Waals surface area contributed by atoms with Crippen LogP contribution >= 0.6 is 7.60 Å². The second kappa shape index (κ2) is 6.61. The third-order valence-electron chi connectivity index (χ3n) is 2.95. The first kappa shape index (κ1) is 16.3. The Bertz CT molecular complexity index is 391. The second-order valence-electron chi connectivity index (χ2n) is 4.96. The molecular formula is C11H20NO6P. The molecule has 19 heavy (non-hydrogen) atoms. The lowest BCUT2D eigenvalue weighted by atomic mass is 9.88. The Morgan fingerprint density at radius 2 is 2.05 bits per heavy atom. The van der Waals surface area contributed by atoms with Crippen molar-refractivity contribution in [3.05, 3.63) is 0 Å². The molecular weight excluding hydrogens is 273 g/mol. The van der Waals surface area contributed by atoms with Gasteiger partial charge < -0.3 is 19.8 Å². The summed E-state index contributed by atoms with van der Waals surface area (Å²) in [7, 11) is -4.73. The van der Waals surface area contributed by atoms with Crippen molar-refractivity contribution in [3.8, 4) is 0 Å². The summed E-state index contributed by atoms with van der Waals surface area (Å²) in [5.41, 5.74) is -1.12. The maximum Gasteiger partial charge on any atom is 0.391 e. The molecule has 0 bridgehead atoms. The van der Waals surface area contributed by atoms with Gasteiger partial charge in [-0.2, -0.15) is 0 Å². The second-order valence-corrected chi connectivity index (χ2v) is 6.55. The van der Waals surface area contributed by atoms with Gasteiger partial charge in [0.05, 0.1) is 6.10 Å². The van der Waals surface area contributed by atoms with Crippen LogP contribution in [0.25, 0.3) is 0 Å². The van der Waals surface area contributed by atoms with Crippen LogP contribution in [0.1, 0.15) is 33.1 Å². The molecule has 3 N–H and O–H groups in total. The van der Waals surface area contributed by atoms with Gasteiger partial charge in [0.15, 0.2) is 0 Å². The van der Waals surface area contributed by atoms with Crippen molar-refractivity contribution < 1.29 is 28.7 Å². The minimum absolute atomic E-state index is 0.269. The summed E-state index contributed by atoms with van der Waals surface area (Å²) in [5.74, 6) is -0.904. The average Bonchev–Trinajstić information content (AvgIpc) is 2.27. The normalized spacial score (nSPS) is 24.3.